The lowest BCUT2D eigenvalue weighted by Crippen LogP contribution is -2.27. The molecule has 0 radical (unpaired) electrons. The lowest BCUT2D eigenvalue weighted by Gasteiger charge is -2.35. The van der Waals surface area contributed by atoms with Crippen LogP contribution in [0.25, 0.3) is 5.70 Å². The third-order valence-corrected chi connectivity index (χ3v) is 5.20. The number of nitrogens with zero attached hydrogens (tertiary/aromatic N) is 4. The van der Waals surface area contributed by atoms with E-state index in [1.54, 1.807) is 7.11 Å². The van der Waals surface area contributed by atoms with Gasteiger partial charge in [0, 0.05) is 33.7 Å². The van der Waals surface area contributed by atoms with Crippen LogP contribution in [0.3, 0.4) is 0 Å². The summed E-state index contributed by atoms with van der Waals surface area (Å²) in [5.74, 6) is 2.69. The molecule has 0 bridgehead atoms. The number of ether oxygens (including phenoxy) is 1. The molecule has 26 heavy (non-hydrogen) atoms. The van der Waals surface area contributed by atoms with Crippen LogP contribution < -0.4 is 0 Å². The molecule has 1 aromatic heterocycles. The van der Waals surface area contributed by atoms with Gasteiger partial charge < -0.3 is 4.74 Å². The number of halogens is 1. The largest absolute Gasteiger partial charge is 0.501 e. The molecule has 0 amide bonds. The Morgan fingerprint density at radius 2 is 1.88 bits per heavy atom. The Morgan fingerprint density at radius 3 is 2.58 bits per heavy atom. The molecule has 1 aliphatic carbocycles. The molecule has 5 nitrogen and oxygen atoms in total. The Labute approximate surface area is 158 Å². The number of hydrogen-bond donors (Lipinski definition) is 0. The van der Waals surface area contributed by atoms with E-state index in [0.717, 1.165) is 40.7 Å². The van der Waals surface area contributed by atoms with Crippen LogP contribution in [0.5, 0.6) is 0 Å². The number of aliphatic imine (C=N–C) groups is 1. The first-order chi connectivity index (χ1) is 12.4. The van der Waals surface area contributed by atoms with Crippen LogP contribution in [-0.4, -0.2) is 27.6 Å². The molecule has 0 saturated carbocycles. The number of aromatic nitrogens is 3. The molecule has 0 saturated heterocycles. The second-order valence-electron chi connectivity index (χ2n) is 7.31. The van der Waals surface area contributed by atoms with Crippen molar-refractivity contribution in [3.8, 4) is 0 Å². The molecule has 0 atom stereocenters. The standard InChI is InChI=1S/C20H21ClN4O/c1-12-23-24-17-11-22-18(13-5-7-14(21)8-6-13)16-9-15(26-4)10-20(2,3)19(16)25(12)17/h5-9H,10-11H2,1-4H3. The fraction of sp³-hybridized carbons (Fsp3) is 0.350. The van der Waals surface area contributed by atoms with Crippen LogP contribution in [-0.2, 0) is 11.3 Å². The van der Waals surface area contributed by atoms with Crippen molar-refractivity contribution in [1.82, 2.24) is 14.8 Å². The molecule has 2 aromatic rings. The summed E-state index contributed by atoms with van der Waals surface area (Å²) in [5.41, 5.74) is 4.05. The third-order valence-electron chi connectivity index (χ3n) is 4.95. The van der Waals surface area contributed by atoms with Gasteiger partial charge in [-0.25, -0.2) is 0 Å². The first kappa shape index (κ1) is 17.0. The zero-order valence-corrected chi connectivity index (χ0v) is 16.1. The molecule has 1 aromatic carbocycles. The average Bonchev–Trinajstić information content (AvgIpc) is 2.86. The van der Waals surface area contributed by atoms with Crippen molar-refractivity contribution in [3.05, 3.63) is 63.9 Å². The van der Waals surface area contributed by atoms with E-state index in [9.17, 15) is 0 Å². The Balaban J connectivity index is 2.02. The number of hydrogen-bond acceptors (Lipinski definition) is 4. The van der Waals surface area contributed by atoms with E-state index >= 15 is 0 Å². The molecule has 1 aliphatic heterocycles. The van der Waals surface area contributed by atoms with Gasteiger partial charge in [-0.05, 0) is 25.1 Å². The molecule has 2 heterocycles. The van der Waals surface area contributed by atoms with Gasteiger partial charge in [0.2, 0.25) is 0 Å². The number of rotatable bonds is 2. The van der Waals surface area contributed by atoms with E-state index in [1.165, 1.54) is 5.70 Å². The lowest BCUT2D eigenvalue weighted by molar-refractivity contribution is 0.246. The number of allylic oxidation sites excluding steroid dienone is 4. The van der Waals surface area contributed by atoms with Gasteiger partial charge in [0.15, 0.2) is 5.82 Å². The summed E-state index contributed by atoms with van der Waals surface area (Å²) < 4.78 is 7.79. The van der Waals surface area contributed by atoms with Crippen molar-refractivity contribution in [2.75, 3.05) is 7.11 Å². The van der Waals surface area contributed by atoms with E-state index in [0.29, 0.717) is 11.6 Å². The monoisotopic (exact) mass is 368 g/mol. The fourth-order valence-corrected chi connectivity index (χ4v) is 3.91. The summed E-state index contributed by atoms with van der Waals surface area (Å²) in [6.07, 6.45) is 2.91. The van der Waals surface area contributed by atoms with E-state index in [-0.39, 0.29) is 5.41 Å². The molecule has 0 unspecified atom stereocenters. The van der Waals surface area contributed by atoms with Crippen LogP contribution >= 0.6 is 11.6 Å². The molecular weight excluding hydrogens is 348 g/mol. The molecular formula is C20H21ClN4O. The van der Waals surface area contributed by atoms with E-state index in [2.05, 4.69) is 34.7 Å². The Bertz CT molecular complexity index is 964. The molecule has 0 spiro atoms. The maximum atomic E-state index is 6.08. The van der Waals surface area contributed by atoms with Crippen LogP contribution in [0.2, 0.25) is 5.02 Å². The van der Waals surface area contributed by atoms with E-state index < -0.39 is 0 Å². The van der Waals surface area contributed by atoms with Crippen LogP contribution in [0.15, 0.2) is 46.7 Å². The number of methoxy groups -OCH3 is 1. The van der Waals surface area contributed by atoms with Crippen molar-refractivity contribution in [2.24, 2.45) is 10.4 Å². The van der Waals surface area contributed by atoms with Crippen molar-refractivity contribution in [1.29, 1.82) is 0 Å². The summed E-state index contributed by atoms with van der Waals surface area (Å²) in [5, 5.41) is 9.35. The first-order valence-corrected chi connectivity index (χ1v) is 9.00. The first-order valence-electron chi connectivity index (χ1n) is 8.62. The van der Waals surface area contributed by atoms with Crippen molar-refractivity contribution >= 4 is 23.0 Å². The van der Waals surface area contributed by atoms with Gasteiger partial charge in [-0.3, -0.25) is 9.56 Å². The minimum absolute atomic E-state index is 0.144. The minimum Gasteiger partial charge on any atom is -0.501 e. The highest BCUT2D eigenvalue weighted by Crippen LogP contribution is 2.45. The second-order valence-corrected chi connectivity index (χ2v) is 7.74. The minimum atomic E-state index is -0.144. The maximum Gasteiger partial charge on any atom is 0.159 e. The molecule has 4 rings (SSSR count). The lowest BCUT2D eigenvalue weighted by atomic mass is 9.76. The summed E-state index contributed by atoms with van der Waals surface area (Å²) in [6.45, 7) is 6.92. The van der Waals surface area contributed by atoms with Gasteiger partial charge >= 0.3 is 0 Å². The highest BCUT2D eigenvalue weighted by atomic mass is 35.5. The molecule has 0 N–H and O–H groups in total. The zero-order chi connectivity index (χ0) is 18.5. The Hall–Kier alpha value is -2.40. The van der Waals surface area contributed by atoms with Gasteiger partial charge in [-0.2, -0.15) is 0 Å². The Kier molecular flexibility index (Phi) is 3.99. The molecule has 0 fully saturated rings. The van der Waals surface area contributed by atoms with Crippen molar-refractivity contribution in [3.63, 3.8) is 0 Å². The molecule has 6 heteroatoms. The fourth-order valence-electron chi connectivity index (χ4n) is 3.79. The predicted octanol–water partition coefficient (Wildman–Crippen LogP) is 4.41. The van der Waals surface area contributed by atoms with Crippen molar-refractivity contribution < 1.29 is 4.74 Å². The average molecular weight is 369 g/mol. The normalized spacial score (nSPS) is 18.5. The zero-order valence-electron chi connectivity index (χ0n) is 15.4. The summed E-state index contributed by atoms with van der Waals surface area (Å²) >= 11 is 6.08. The van der Waals surface area contributed by atoms with Crippen molar-refractivity contribution in [2.45, 2.75) is 33.7 Å². The Morgan fingerprint density at radius 1 is 1.15 bits per heavy atom. The summed E-state index contributed by atoms with van der Waals surface area (Å²) in [6, 6.07) is 7.80. The summed E-state index contributed by atoms with van der Waals surface area (Å²) in [4.78, 5) is 4.89. The van der Waals surface area contributed by atoms with Crippen LogP contribution in [0.1, 0.15) is 37.5 Å². The van der Waals surface area contributed by atoms with E-state index in [1.807, 2.05) is 31.2 Å². The third kappa shape index (κ3) is 2.67. The highest BCUT2D eigenvalue weighted by molar-refractivity contribution is 6.30. The summed E-state index contributed by atoms with van der Waals surface area (Å²) in [7, 11) is 1.72. The van der Waals surface area contributed by atoms with E-state index in [4.69, 9.17) is 21.3 Å². The number of aryl methyl sites for hydroxylation is 1. The van der Waals surface area contributed by atoms with Gasteiger partial charge in [-0.15, -0.1) is 10.2 Å². The topological polar surface area (TPSA) is 52.3 Å². The number of benzene rings is 1. The van der Waals surface area contributed by atoms with Crippen LogP contribution in [0, 0.1) is 12.3 Å². The van der Waals surface area contributed by atoms with Crippen LogP contribution in [0.4, 0.5) is 0 Å². The SMILES string of the molecule is COC1=CC2=C(n3c(C)nnc3CN=C2c2ccc(Cl)cc2)C(C)(C)C1. The predicted molar refractivity (Wildman–Crippen MR) is 103 cm³/mol. The smallest absolute Gasteiger partial charge is 0.159 e. The maximum absolute atomic E-state index is 6.08. The second kappa shape index (κ2) is 6.09. The van der Waals surface area contributed by atoms with Gasteiger partial charge in [0.1, 0.15) is 12.4 Å². The number of fused-ring (bicyclic) bond motifs is 2. The highest BCUT2D eigenvalue weighted by Gasteiger charge is 2.37. The molecule has 2 aliphatic rings. The quantitative estimate of drug-likeness (QED) is 0.788. The van der Waals surface area contributed by atoms with Gasteiger partial charge in [-0.1, -0.05) is 37.6 Å². The van der Waals surface area contributed by atoms with Gasteiger partial charge in [0.05, 0.1) is 18.6 Å². The molecule has 134 valence electrons. The van der Waals surface area contributed by atoms with Gasteiger partial charge in [0.25, 0.3) is 0 Å².